The van der Waals surface area contributed by atoms with Crippen molar-refractivity contribution in [2.45, 2.75) is 77.9 Å². The highest BCUT2D eigenvalue weighted by Gasteiger charge is 2.32. The number of nitrogens with zero attached hydrogens (tertiary/aromatic N) is 2. The lowest BCUT2D eigenvalue weighted by molar-refractivity contribution is -0.139. The Bertz CT molecular complexity index is 1240. The maximum absolute atomic E-state index is 13.9. The Balaban J connectivity index is 0.00000529. The standard InChI is InChI=1S/C34H47N3O4S2.CH4/c1-24-9-7-8-12-27(24)29-21-26(13-14-28(29)32(38)35-30(34(40)41)15-18-42-3)23-36(2)31(22-25-10-5-4-6-11-25)33(39)37-16-19-43-20-17-37;/h7-9,12-14,21,25,30-31H,4-6,10-11,15-20,22-23H2,1-3H3,(H,35,38)(H,40,41);1H4/t30-,31?;/m0./s1. The summed E-state index contributed by atoms with van der Waals surface area (Å²) < 4.78 is 0. The average molecular weight is 642 g/mol. The van der Waals surface area contributed by atoms with Crippen LogP contribution in [0.3, 0.4) is 0 Å². The molecule has 2 aromatic rings. The van der Waals surface area contributed by atoms with E-state index in [4.69, 9.17) is 0 Å². The summed E-state index contributed by atoms with van der Waals surface area (Å²) >= 11 is 3.47. The molecule has 7 nitrogen and oxygen atoms in total. The van der Waals surface area contributed by atoms with E-state index in [1.807, 2.05) is 67.4 Å². The predicted octanol–water partition coefficient (Wildman–Crippen LogP) is 6.58. The third kappa shape index (κ3) is 9.75. The second kappa shape index (κ2) is 17.9. The van der Waals surface area contributed by atoms with Crippen LogP contribution in [-0.4, -0.2) is 88.4 Å². The van der Waals surface area contributed by atoms with E-state index >= 15 is 0 Å². The SMILES string of the molecule is C.CSCC[C@H](NC(=O)c1ccc(CN(C)C(CC2CCCCC2)C(=O)N2CCSCC2)cc1-c1ccccc1C)C(=O)O. The number of carboxylic acids is 1. The quantitative estimate of drug-likeness (QED) is 0.255. The Morgan fingerprint density at radius 1 is 1.07 bits per heavy atom. The molecule has 1 saturated heterocycles. The number of hydrogen-bond acceptors (Lipinski definition) is 6. The monoisotopic (exact) mass is 641 g/mol. The van der Waals surface area contributed by atoms with Crippen LogP contribution in [0.5, 0.6) is 0 Å². The van der Waals surface area contributed by atoms with Gasteiger partial charge in [-0.05, 0) is 79.1 Å². The highest BCUT2D eigenvalue weighted by molar-refractivity contribution is 7.99. The third-order valence-electron chi connectivity index (χ3n) is 8.83. The van der Waals surface area contributed by atoms with E-state index in [2.05, 4.69) is 22.2 Å². The number of benzene rings is 2. The van der Waals surface area contributed by atoms with Crippen LogP contribution in [0.1, 0.15) is 73.9 Å². The highest BCUT2D eigenvalue weighted by atomic mass is 32.2. The second-order valence-corrected chi connectivity index (χ2v) is 14.2. The van der Waals surface area contributed by atoms with Crippen LogP contribution in [0, 0.1) is 12.8 Å². The van der Waals surface area contributed by atoms with Crippen LogP contribution < -0.4 is 5.32 Å². The molecule has 2 amide bonds. The molecule has 0 aromatic heterocycles. The first-order valence-electron chi connectivity index (χ1n) is 15.6. The van der Waals surface area contributed by atoms with Gasteiger partial charge in [0.05, 0.1) is 6.04 Å². The fourth-order valence-electron chi connectivity index (χ4n) is 6.32. The number of thioether (sulfide) groups is 2. The number of nitrogens with one attached hydrogen (secondary N) is 1. The summed E-state index contributed by atoms with van der Waals surface area (Å²) in [4.78, 5) is 43.5. The van der Waals surface area contributed by atoms with Gasteiger partial charge in [-0.1, -0.05) is 69.9 Å². The minimum atomic E-state index is -1.03. The van der Waals surface area contributed by atoms with Crippen molar-refractivity contribution in [3.8, 4) is 11.1 Å². The number of amides is 2. The van der Waals surface area contributed by atoms with E-state index < -0.39 is 12.0 Å². The smallest absolute Gasteiger partial charge is 0.326 e. The molecule has 1 saturated carbocycles. The van der Waals surface area contributed by atoms with Gasteiger partial charge in [0.15, 0.2) is 0 Å². The van der Waals surface area contributed by atoms with Crippen molar-refractivity contribution >= 4 is 41.3 Å². The van der Waals surface area contributed by atoms with E-state index in [0.29, 0.717) is 30.2 Å². The second-order valence-electron chi connectivity index (χ2n) is 11.9. The van der Waals surface area contributed by atoms with Crippen molar-refractivity contribution < 1.29 is 19.5 Å². The lowest BCUT2D eigenvalue weighted by atomic mass is 9.84. The van der Waals surface area contributed by atoms with Crippen LogP contribution in [-0.2, 0) is 16.1 Å². The van der Waals surface area contributed by atoms with E-state index in [-0.39, 0.29) is 25.3 Å². The Labute approximate surface area is 272 Å². The summed E-state index contributed by atoms with van der Waals surface area (Å²) in [5.41, 5.74) is 4.22. The maximum Gasteiger partial charge on any atom is 0.326 e. The molecule has 1 aliphatic heterocycles. The molecule has 1 aliphatic carbocycles. The van der Waals surface area contributed by atoms with Gasteiger partial charge in [0, 0.05) is 36.7 Å². The first-order chi connectivity index (χ1) is 20.8. The number of carbonyl (C=O) groups excluding carboxylic acids is 2. The van der Waals surface area contributed by atoms with Crippen LogP contribution >= 0.6 is 23.5 Å². The maximum atomic E-state index is 13.9. The zero-order chi connectivity index (χ0) is 30.8. The van der Waals surface area contributed by atoms with Crippen LogP contribution in [0.15, 0.2) is 42.5 Å². The summed E-state index contributed by atoms with van der Waals surface area (Å²) in [6, 6.07) is 12.6. The summed E-state index contributed by atoms with van der Waals surface area (Å²) in [6.07, 6.45) is 9.35. The molecule has 44 heavy (non-hydrogen) atoms. The van der Waals surface area contributed by atoms with Crippen molar-refractivity contribution in [3.63, 3.8) is 0 Å². The normalized spacial score (nSPS) is 17.0. The van der Waals surface area contributed by atoms with Crippen molar-refractivity contribution in [2.24, 2.45) is 5.92 Å². The molecule has 4 rings (SSSR count). The number of rotatable bonds is 13. The molecule has 1 unspecified atom stereocenters. The summed E-state index contributed by atoms with van der Waals surface area (Å²) in [5, 5.41) is 12.5. The molecule has 2 atom stereocenters. The van der Waals surface area contributed by atoms with Crippen molar-refractivity contribution in [1.82, 2.24) is 15.1 Å². The summed E-state index contributed by atoms with van der Waals surface area (Å²) in [6.45, 7) is 4.23. The number of carboxylic acid groups (broad SMARTS) is 1. The first kappa shape index (κ1) is 36.0. The van der Waals surface area contributed by atoms with E-state index in [1.54, 1.807) is 11.8 Å². The van der Waals surface area contributed by atoms with Crippen molar-refractivity contribution in [2.75, 3.05) is 43.7 Å². The third-order valence-corrected chi connectivity index (χ3v) is 10.4. The lowest BCUT2D eigenvalue weighted by Gasteiger charge is -2.36. The molecule has 0 bridgehead atoms. The molecule has 242 valence electrons. The lowest BCUT2D eigenvalue weighted by Crippen LogP contribution is -2.50. The first-order valence-corrected chi connectivity index (χ1v) is 18.1. The molecule has 2 aromatic carbocycles. The van der Waals surface area contributed by atoms with Gasteiger partial charge < -0.3 is 15.3 Å². The zero-order valence-electron chi connectivity index (χ0n) is 25.8. The topological polar surface area (TPSA) is 90.0 Å². The van der Waals surface area contributed by atoms with Crippen LogP contribution in [0.25, 0.3) is 11.1 Å². The minimum absolute atomic E-state index is 0. The number of likely N-dealkylation sites (N-methyl/N-ethyl adjacent to an activating group) is 1. The Hall–Kier alpha value is -2.49. The molecule has 0 radical (unpaired) electrons. The van der Waals surface area contributed by atoms with Gasteiger partial charge in [-0.2, -0.15) is 23.5 Å². The van der Waals surface area contributed by atoms with Gasteiger partial charge in [-0.25, -0.2) is 4.79 Å². The van der Waals surface area contributed by atoms with Gasteiger partial charge in [0.25, 0.3) is 5.91 Å². The van der Waals surface area contributed by atoms with E-state index in [0.717, 1.165) is 53.3 Å². The van der Waals surface area contributed by atoms with Gasteiger partial charge in [0.1, 0.15) is 6.04 Å². The number of hydrogen-bond donors (Lipinski definition) is 2. The number of carbonyl (C=O) groups is 3. The molecule has 2 fully saturated rings. The van der Waals surface area contributed by atoms with Crippen LogP contribution in [0.2, 0.25) is 0 Å². The van der Waals surface area contributed by atoms with E-state index in [9.17, 15) is 19.5 Å². The molecule has 0 spiro atoms. The Kier molecular flexibility index (Phi) is 14.6. The van der Waals surface area contributed by atoms with Gasteiger partial charge in [0.2, 0.25) is 5.91 Å². The largest absolute Gasteiger partial charge is 0.480 e. The van der Waals surface area contributed by atoms with Crippen molar-refractivity contribution in [1.29, 1.82) is 0 Å². The summed E-state index contributed by atoms with van der Waals surface area (Å²) in [7, 11) is 2.06. The Morgan fingerprint density at radius 3 is 2.43 bits per heavy atom. The van der Waals surface area contributed by atoms with E-state index in [1.165, 1.54) is 32.1 Å². The summed E-state index contributed by atoms with van der Waals surface area (Å²) in [5.74, 6) is 2.03. The molecule has 9 heteroatoms. The van der Waals surface area contributed by atoms with Gasteiger partial charge >= 0.3 is 5.97 Å². The minimum Gasteiger partial charge on any atom is -0.480 e. The van der Waals surface area contributed by atoms with Crippen LogP contribution in [0.4, 0.5) is 0 Å². The van der Waals surface area contributed by atoms with Gasteiger partial charge in [-0.3, -0.25) is 14.5 Å². The number of aliphatic carboxylic acids is 1. The molecular weight excluding hydrogens is 591 g/mol. The zero-order valence-corrected chi connectivity index (χ0v) is 27.5. The molecule has 1 heterocycles. The molecule has 2 N–H and O–H groups in total. The number of aryl methyl sites for hydroxylation is 1. The van der Waals surface area contributed by atoms with Gasteiger partial charge in [-0.15, -0.1) is 0 Å². The fraction of sp³-hybridized carbons (Fsp3) is 0.571. The fourth-order valence-corrected chi connectivity index (χ4v) is 7.69. The highest BCUT2D eigenvalue weighted by Crippen LogP contribution is 2.32. The molecular formula is C35H51N3O4S2. The molecule has 2 aliphatic rings. The van der Waals surface area contributed by atoms with Crippen molar-refractivity contribution in [3.05, 3.63) is 59.2 Å². The predicted molar refractivity (Wildman–Crippen MR) is 186 cm³/mol. The Morgan fingerprint density at radius 2 is 1.77 bits per heavy atom. The average Bonchev–Trinajstić information content (AvgIpc) is 3.02.